The average Bonchev–Trinajstić information content (AvgIpc) is 2.96. The van der Waals surface area contributed by atoms with Crippen molar-refractivity contribution in [1.82, 2.24) is 0 Å². The van der Waals surface area contributed by atoms with Crippen molar-refractivity contribution in [2.75, 3.05) is 18.1 Å². The van der Waals surface area contributed by atoms with Crippen LogP contribution >= 0.6 is 0 Å². The lowest BCUT2D eigenvalue weighted by molar-refractivity contribution is -0.144. The summed E-state index contributed by atoms with van der Waals surface area (Å²) in [6.45, 7) is 5.02. The van der Waals surface area contributed by atoms with Gasteiger partial charge in [0.1, 0.15) is 0 Å². The minimum absolute atomic E-state index is 0.0606. The maximum Gasteiger partial charge on any atom is 0.306 e. The van der Waals surface area contributed by atoms with Crippen LogP contribution in [0.4, 0.5) is 5.69 Å². The van der Waals surface area contributed by atoms with Crippen LogP contribution in [-0.4, -0.2) is 25.0 Å². The van der Waals surface area contributed by atoms with E-state index in [1.165, 1.54) is 0 Å². The molecule has 0 bridgehead atoms. The smallest absolute Gasteiger partial charge is 0.306 e. The predicted molar refractivity (Wildman–Crippen MR) is 95.9 cm³/mol. The van der Waals surface area contributed by atoms with E-state index >= 15 is 0 Å². The van der Waals surface area contributed by atoms with E-state index < -0.39 is 0 Å². The second-order valence-corrected chi connectivity index (χ2v) is 6.68. The van der Waals surface area contributed by atoms with Crippen LogP contribution in [0.15, 0.2) is 24.3 Å². The zero-order valence-electron chi connectivity index (χ0n) is 15.0. The molecular weight excluding hydrogens is 316 g/mol. The van der Waals surface area contributed by atoms with E-state index in [9.17, 15) is 9.59 Å². The third-order valence-electron chi connectivity index (χ3n) is 4.69. The Labute approximate surface area is 149 Å². The highest BCUT2D eigenvalue weighted by atomic mass is 16.5. The molecule has 0 radical (unpaired) electrons. The first-order valence-corrected chi connectivity index (χ1v) is 9.02. The molecule has 1 heterocycles. The van der Waals surface area contributed by atoms with E-state index in [4.69, 9.17) is 10.00 Å². The van der Waals surface area contributed by atoms with Crippen molar-refractivity contribution in [3.63, 3.8) is 0 Å². The predicted octanol–water partition coefficient (Wildman–Crippen LogP) is 3.67. The molecule has 2 rings (SSSR count). The summed E-state index contributed by atoms with van der Waals surface area (Å²) in [7, 11) is 0. The molecule has 0 N–H and O–H groups in total. The number of esters is 1. The molecular formula is C20H26N2O3. The average molecular weight is 342 g/mol. The van der Waals surface area contributed by atoms with Gasteiger partial charge < -0.3 is 9.64 Å². The van der Waals surface area contributed by atoms with Crippen LogP contribution < -0.4 is 4.90 Å². The van der Waals surface area contributed by atoms with Crippen LogP contribution in [-0.2, 0) is 14.3 Å². The summed E-state index contributed by atoms with van der Waals surface area (Å²) in [5.41, 5.74) is 1.46. The first kappa shape index (κ1) is 19.0. The minimum Gasteiger partial charge on any atom is -0.466 e. The number of ether oxygens (including phenoxy) is 1. The lowest BCUT2D eigenvalue weighted by Crippen LogP contribution is -2.27. The van der Waals surface area contributed by atoms with Gasteiger partial charge in [0.25, 0.3) is 0 Å². The van der Waals surface area contributed by atoms with Crippen molar-refractivity contribution in [3.8, 4) is 6.07 Å². The van der Waals surface area contributed by atoms with Gasteiger partial charge >= 0.3 is 5.97 Å². The highest BCUT2D eigenvalue weighted by molar-refractivity contribution is 5.97. The van der Waals surface area contributed by atoms with Gasteiger partial charge in [0.05, 0.1) is 18.2 Å². The summed E-state index contributed by atoms with van der Waals surface area (Å²) in [5.74, 6) is 0.373. The van der Waals surface area contributed by atoms with Gasteiger partial charge in [0, 0.05) is 24.6 Å². The number of amides is 1. The van der Waals surface area contributed by atoms with Gasteiger partial charge in [-0.05, 0) is 49.9 Å². The standard InChI is InChI=1S/C20H26N2O3/c1-3-25-19(23)13-15(2)5-4-6-17-11-12-22(20(17)24)18-9-7-16(14-21)8-10-18/h7-10,15,17H,3-6,11-13H2,1-2H3/t15-,17?/m0/s1. The molecule has 1 saturated heterocycles. The molecule has 1 fully saturated rings. The molecule has 1 aliphatic heterocycles. The van der Waals surface area contributed by atoms with E-state index in [2.05, 4.69) is 13.0 Å². The molecule has 2 atom stereocenters. The summed E-state index contributed by atoms with van der Waals surface area (Å²) >= 11 is 0. The van der Waals surface area contributed by atoms with Gasteiger partial charge in [-0.25, -0.2) is 0 Å². The SMILES string of the molecule is CCOC(=O)C[C@@H](C)CCCC1CCN(c2ccc(C#N)cc2)C1=O. The second-order valence-electron chi connectivity index (χ2n) is 6.68. The van der Waals surface area contributed by atoms with E-state index in [-0.39, 0.29) is 23.7 Å². The first-order valence-electron chi connectivity index (χ1n) is 9.02. The lowest BCUT2D eigenvalue weighted by atomic mass is 9.95. The largest absolute Gasteiger partial charge is 0.466 e. The molecule has 1 aromatic rings. The highest BCUT2D eigenvalue weighted by Gasteiger charge is 2.32. The summed E-state index contributed by atoms with van der Waals surface area (Å²) < 4.78 is 4.97. The molecule has 0 aromatic heterocycles. The molecule has 1 aliphatic rings. The zero-order chi connectivity index (χ0) is 18.2. The van der Waals surface area contributed by atoms with E-state index in [1.807, 2.05) is 24.0 Å². The Bertz CT molecular complexity index is 633. The quantitative estimate of drug-likeness (QED) is 0.676. The van der Waals surface area contributed by atoms with Crippen molar-refractivity contribution >= 4 is 17.6 Å². The molecule has 5 nitrogen and oxygen atoms in total. The second kappa shape index (κ2) is 9.22. The van der Waals surface area contributed by atoms with Crippen LogP contribution in [0, 0.1) is 23.2 Å². The normalized spacial score (nSPS) is 18.0. The summed E-state index contributed by atoms with van der Waals surface area (Å²) in [4.78, 5) is 25.9. The zero-order valence-corrected chi connectivity index (χ0v) is 15.0. The molecule has 25 heavy (non-hydrogen) atoms. The molecule has 1 aromatic carbocycles. The maximum atomic E-state index is 12.6. The van der Waals surface area contributed by atoms with Crippen molar-refractivity contribution in [2.45, 2.75) is 46.0 Å². The molecule has 1 amide bonds. The van der Waals surface area contributed by atoms with Gasteiger partial charge in [0.2, 0.25) is 5.91 Å². The van der Waals surface area contributed by atoms with Crippen LogP contribution in [0.2, 0.25) is 0 Å². The number of hydrogen-bond acceptors (Lipinski definition) is 4. The Morgan fingerprint density at radius 3 is 2.76 bits per heavy atom. The fraction of sp³-hybridized carbons (Fsp3) is 0.550. The minimum atomic E-state index is -0.140. The molecule has 5 heteroatoms. The number of anilines is 1. The van der Waals surface area contributed by atoms with Crippen LogP contribution in [0.1, 0.15) is 51.5 Å². The number of rotatable bonds is 8. The van der Waals surface area contributed by atoms with Crippen molar-refractivity contribution in [2.24, 2.45) is 11.8 Å². The third-order valence-corrected chi connectivity index (χ3v) is 4.69. The fourth-order valence-electron chi connectivity index (χ4n) is 3.30. The Morgan fingerprint density at radius 2 is 2.12 bits per heavy atom. The Morgan fingerprint density at radius 1 is 1.40 bits per heavy atom. The number of hydrogen-bond donors (Lipinski definition) is 0. The van der Waals surface area contributed by atoms with Crippen LogP contribution in [0.25, 0.3) is 0 Å². The third kappa shape index (κ3) is 5.32. The Hall–Kier alpha value is -2.35. The van der Waals surface area contributed by atoms with Crippen molar-refractivity contribution < 1.29 is 14.3 Å². The number of carbonyl (C=O) groups excluding carboxylic acids is 2. The molecule has 0 aliphatic carbocycles. The molecule has 0 spiro atoms. The van der Waals surface area contributed by atoms with Crippen molar-refractivity contribution in [1.29, 1.82) is 5.26 Å². The van der Waals surface area contributed by atoms with E-state index in [0.29, 0.717) is 18.6 Å². The fourth-order valence-corrected chi connectivity index (χ4v) is 3.30. The van der Waals surface area contributed by atoms with Gasteiger partial charge in [-0.2, -0.15) is 5.26 Å². The molecule has 0 saturated carbocycles. The first-order chi connectivity index (χ1) is 12.0. The Balaban J connectivity index is 1.78. The lowest BCUT2D eigenvalue weighted by Gasteiger charge is -2.17. The topological polar surface area (TPSA) is 70.4 Å². The number of benzene rings is 1. The number of carbonyl (C=O) groups is 2. The summed E-state index contributed by atoms with van der Waals surface area (Å²) in [6.07, 6.45) is 4.05. The van der Waals surface area contributed by atoms with E-state index in [1.54, 1.807) is 12.1 Å². The molecule has 1 unspecified atom stereocenters. The van der Waals surface area contributed by atoms with E-state index in [0.717, 1.165) is 37.9 Å². The maximum absolute atomic E-state index is 12.6. The van der Waals surface area contributed by atoms with Crippen LogP contribution in [0.5, 0.6) is 0 Å². The number of nitriles is 1. The Kier molecular flexibility index (Phi) is 7.00. The summed E-state index contributed by atoms with van der Waals surface area (Å²) in [5, 5.41) is 8.85. The van der Waals surface area contributed by atoms with Gasteiger partial charge in [-0.3, -0.25) is 9.59 Å². The number of nitrogens with zero attached hydrogens (tertiary/aromatic N) is 2. The monoisotopic (exact) mass is 342 g/mol. The molecule has 134 valence electrons. The van der Waals surface area contributed by atoms with Crippen molar-refractivity contribution in [3.05, 3.63) is 29.8 Å². The van der Waals surface area contributed by atoms with Crippen LogP contribution in [0.3, 0.4) is 0 Å². The van der Waals surface area contributed by atoms with Gasteiger partial charge in [0.15, 0.2) is 0 Å². The van der Waals surface area contributed by atoms with Gasteiger partial charge in [-0.15, -0.1) is 0 Å². The highest BCUT2D eigenvalue weighted by Crippen LogP contribution is 2.29. The van der Waals surface area contributed by atoms with Gasteiger partial charge in [-0.1, -0.05) is 19.8 Å². The summed E-state index contributed by atoms with van der Waals surface area (Å²) in [6, 6.07) is 9.24.